The van der Waals surface area contributed by atoms with Crippen molar-refractivity contribution < 1.29 is 9.23 Å². The summed E-state index contributed by atoms with van der Waals surface area (Å²) in [7, 11) is 0. The van der Waals surface area contributed by atoms with Crippen LogP contribution in [0.5, 0.6) is 0 Å². The molecule has 76 valence electrons. The van der Waals surface area contributed by atoms with E-state index < -0.39 is 0 Å². The van der Waals surface area contributed by atoms with Crippen molar-refractivity contribution in [3.05, 3.63) is 24.0 Å². The fourth-order valence-corrected chi connectivity index (χ4v) is 1.52. The summed E-state index contributed by atoms with van der Waals surface area (Å²) in [5.41, 5.74) is 6.91. The van der Waals surface area contributed by atoms with Gasteiger partial charge in [0.2, 0.25) is 0 Å². The van der Waals surface area contributed by atoms with E-state index in [2.05, 4.69) is 0 Å². The molecule has 0 amide bonds. The van der Waals surface area contributed by atoms with Crippen LogP contribution in [0.3, 0.4) is 0 Å². The van der Waals surface area contributed by atoms with Gasteiger partial charge in [-0.05, 0) is 25.0 Å². The standard InChI is InChI=1S/C10H13FN2O/c11-8-3-4-9(12)10(7-8)13-5-1-2-6-14-13/h3-4,7H,1-2,5-6,12H2. The molecule has 0 spiro atoms. The van der Waals surface area contributed by atoms with Crippen molar-refractivity contribution in [1.82, 2.24) is 0 Å². The van der Waals surface area contributed by atoms with Gasteiger partial charge in [-0.3, -0.25) is 9.90 Å². The van der Waals surface area contributed by atoms with Gasteiger partial charge in [-0.2, -0.15) is 0 Å². The molecule has 2 rings (SSSR count). The lowest BCUT2D eigenvalue weighted by Gasteiger charge is -2.28. The van der Waals surface area contributed by atoms with Gasteiger partial charge < -0.3 is 5.73 Å². The second-order valence-corrected chi connectivity index (χ2v) is 3.35. The molecule has 1 saturated heterocycles. The van der Waals surface area contributed by atoms with E-state index in [0.717, 1.165) is 19.4 Å². The van der Waals surface area contributed by atoms with Gasteiger partial charge in [0.05, 0.1) is 18.0 Å². The lowest BCUT2D eigenvalue weighted by Crippen LogP contribution is -2.30. The van der Waals surface area contributed by atoms with Crippen molar-refractivity contribution in [3.63, 3.8) is 0 Å². The quantitative estimate of drug-likeness (QED) is 0.697. The molecule has 0 saturated carbocycles. The number of nitrogen functional groups attached to an aromatic ring is 1. The number of halogens is 1. The molecule has 3 nitrogen and oxygen atoms in total. The summed E-state index contributed by atoms with van der Waals surface area (Å²) in [6, 6.07) is 4.31. The first-order chi connectivity index (χ1) is 6.77. The molecule has 4 heteroatoms. The van der Waals surface area contributed by atoms with Crippen LogP contribution in [0.1, 0.15) is 12.8 Å². The zero-order valence-electron chi connectivity index (χ0n) is 7.87. The summed E-state index contributed by atoms with van der Waals surface area (Å²) < 4.78 is 13.0. The third kappa shape index (κ3) is 1.80. The van der Waals surface area contributed by atoms with Crippen LogP contribution in [0, 0.1) is 5.82 Å². The zero-order chi connectivity index (χ0) is 9.97. The highest BCUT2D eigenvalue weighted by Crippen LogP contribution is 2.26. The molecule has 0 aromatic heterocycles. The normalized spacial score (nSPS) is 17.1. The average molecular weight is 196 g/mol. The second-order valence-electron chi connectivity index (χ2n) is 3.35. The van der Waals surface area contributed by atoms with E-state index in [0.29, 0.717) is 18.0 Å². The topological polar surface area (TPSA) is 38.5 Å². The Bertz CT molecular complexity index is 324. The smallest absolute Gasteiger partial charge is 0.125 e. The minimum Gasteiger partial charge on any atom is -0.397 e. The number of nitrogens with two attached hydrogens (primary N) is 1. The predicted molar refractivity (Wildman–Crippen MR) is 53.3 cm³/mol. The highest BCUT2D eigenvalue weighted by molar-refractivity contribution is 5.66. The summed E-state index contributed by atoms with van der Waals surface area (Å²) in [6.45, 7) is 1.45. The Balaban J connectivity index is 2.24. The van der Waals surface area contributed by atoms with E-state index in [1.807, 2.05) is 0 Å². The number of anilines is 2. The average Bonchev–Trinajstić information content (AvgIpc) is 2.23. The summed E-state index contributed by atoms with van der Waals surface area (Å²) in [5.74, 6) is -0.289. The highest BCUT2D eigenvalue weighted by atomic mass is 19.1. The summed E-state index contributed by atoms with van der Waals surface area (Å²) in [6.07, 6.45) is 2.10. The molecular formula is C10H13FN2O. The Morgan fingerprint density at radius 2 is 2.21 bits per heavy atom. The van der Waals surface area contributed by atoms with Crippen LogP contribution in [0.4, 0.5) is 15.8 Å². The maximum absolute atomic E-state index is 13.0. The van der Waals surface area contributed by atoms with Crippen LogP contribution in [0.15, 0.2) is 18.2 Å². The van der Waals surface area contributed by atoms with E-state index >= 15 is 0 Å². The second kappa shape index (κ2) is 3.84. The van der Waals surface area contributed by atoms with Crippen molar-refractivity contribution >= 4 is 11.4 Å². The first kappa shape index (κ1) is 9.27. The molecule has 0 unspecified atom stereocenters. The molecule has 1 aliphatic heterocycles. The van der Waals surface area contributed by atoms with Crippen LogP contribution in [-0.4, -0.2) is 13.2 Å². The van der Waals surface area contributed by atoms with Crippen molar-refractivity contribution in [2.75, 3.05) is 23.9 Å². The SMILES string of the molecule is Nc1ccc(F)cc1N1CCCCO1. The maximum Gasteiger partial charge on any atom is 0.125 e. The first-order valence-corrected chi connectivity index (χ1v) is 4.73. The number of hydrogen-bond donors (Lipinski definition) is 1. The molecule has 1 aliphatic rings. The Kier molecular flexibility index (Phi) is 2.54. The van der Waals surface area contributed by atoms with Gasteiger partial charge in [0.15, 0.2) is 0 Å². The largest absolute Gasteiger partial charge is 0.397 e. The number of hydrogen-bond acceptors (Lipinski definition) is 3. The minimum absolute atomic E-state index is 0.289. The monoisotopic (exact) mass is 196 g/mol. The molecule has 0 atom stereocenters. The Labute approximate surface area is 82.2 Å². The van der Waals surface area contributed by atoms with Crippen LogP contribution >= 0.6 is 0 Å². The van der Waals surface area contributed by atoms with Crippen LogP contribution in [0.2, 0.25) is 0 Å². The van der Waals surface area contributed by atoms with Crippen molar-refractivity contribution in [1.29, 1.82) is 0 Å². The third-order valence-corrected chi connectivity index (χ3v) is 2.26. The molecule has 1 heterocycles. The van der Waals surface area contributed by atoms with Gasteiger partial charge in [0.25, 0.3) is 0 Å². The van der Waals surface area contributed by atoms with E-state index in [-0.39, 0.29) is 5.82 Å². The fraction of sp³-hybridized carbons (Fsp3) is 0.400. The van der Waals surface area contributed by atoms with Gasteiger partial charge in [-0.25, -0.2) is 4.39 Å². The van der Waals surface area contributed by atoms with Crippen molar-refractivity contribution in [3.8, 4) is 0 Å². The third-order valence-electron chi connectivity index (χ3n) is 2.26. The van der Waals surface area contributed by atoms with Crippen LogP contribution < -0.4 is 10.8 Å². The number of nitrogens with zero attached hydrogens (tertiary/aromatic N) is 1. The molecule has 0 radical (unpaired) electrons. The van der Waals surface area contributed by atoms with Crippen LogP contribution in [0.25, 0.3) is 0 Å². The number of hydroxylamine groups is 1. The Morgan fingerprint density at radius 1 is 1.36 bits per heavy atom. The zero-order valence-corrected chi connectivity index (χ0v) is 7.87. The summed E-state index contributed by atoms with van der Waals surface area (Å²) in [4.78, 5) is 5.39. The van der Waals surface area contributed by atoms with Crippen molar-refractivity contribution in [2.24, 2.45) is 0 Å². The van der Waals surface area contributed by atoms with E-state index in [4.69, 9.17) is 10.6 Å². The van der Waals surface area contributed by atoms with E-state index in [9.17, 15) is 4.39 Å². The molecule has 2 N–H and O–H groups in total. The number of benzene rings is 1. The van der Waals surface area contributed by atoms with Gasteiger partial charge in [-0.15, -0.1) is 0 Å². The molecule has 1 aromatic rings. The van der Waals surface area contributed by atoms with E-state index in [1.165, 1.54) is 12.1 Å². The Hall–Kier alpha value is -1.29. The lowest BCUT2D eigenvalue weighted by molar-refractivity contribution is 0.0780. The van der Waals surface area contributed by atoms with Crippen LogP contribution in [-0.2, 0) is 4.84 Å². The lowest BCUT2D eigenvalue weighted by atomic mass is 10.2. The van der Waals surface area contributed by atoms with Gasteiger partial charge in [0.1, 0.15) is 5.82 Å². The minimum atomic E-state index is -0.289. The highest BCUT2D eigenvalue weighted by Gasteiger charge is 2.14. The molecule has 1 fully saturated rings. The predicted octanol–water partition coefficient (Wildman–Crippen LogP) is 1.94. The molecular weight excluding hydrogens is 183 g/mol. The van der Waals surface area contributed by atoms with Gasteiger partial charge in [0, 0.05) is 12.6 Å². The number of rotatable bonds is 1. The van der Waals surface area contributed by atoms with E-state index in [1.54, 1.807) is 11.1 Å². The molecule has 1 aromatic carbocycles. The summed E-state index contributed by atoms with van der Waals surface area (Å²) in [5, 5.41) is 1.67. The summed E-state index contributed by atoms with van der Waals surface area (Å²) >= 11 is 0. The Morgan fingerprint density at radius 3 is 2.93 bits per heavy atom. The molecule has 14 heavy (non-hydrogen) atoms. The molecule has 0 bridgehead atoms. The molecule has 0 aliphatic carbocycles. The van der Waals surface area contributed by atoms with Gasteiger partial charge >= 0.3 is 0 Å². The van der Waals surface area contributed by atoms with Gasteiger partial charge in [-0.1, -0.05) is 0 Å². The maximum atomic E-state index is 13.0. The fourth-order valence-electron chi connectivity index (χ4n) is 1.52. The van der Waals surface area contributed by atoms with Crippen molar-refractivity contribution in [2.45, 2.75) is 12.8 Å². The first-order valence-electron chi connectivity index (χ1n) is 4.73.